The van der Waals surface area contributed by atoms with E-state index in [9.17, 15) is 14.4 Å². The summed E-state index contributed by atoms with van der Waals surface area (Å²) in [5.74, 6) is -0.841. The molecule has 1 aliphatic carbocycles. The Bertz CT molecular complexity index is 677. The van der Waals surface area contributed by atoms with Crippen LogP contribution in [-0.4, -0.2) is 42.5 Å². The molecule has 27 heavy (non-hydrogen) atoms. The molecule has 1 aromatic rings. The number of carbonyl (C=O) groups is 3. The van der Waals surface area contributed by atoms with Gasteiger partial charge in [-0.2, -0.15) is 0 Å². The molecule has 1 fully saturated rings. The zero-order valence-electron chi connectivity index (χ0n) is 15.4. The first-order valence-electron chi connectivity index (χ1n) is 9.10. The van der Waals surface area contributed by atoms with Crippen LogP contribution in [0.2, 0.25) is 5.02 Å². The zero-order chi connectivity index (χ0) is 19.8. The average molecular weight is 396 g/mol. The second kappa shape index (κ2) is 10.2. The fourth-order valence-corrected chi connectivity index (χ4v) is 3.58. The van der Waals surface area contributed by atoms with Crippen molar-refractivity contribution < 1.29 is 19.1 Å². The number of ether oxygens (including phenoxy) is 1. The SMILES string of the molecule is CN(C(=O)COC(=O)CC(NC(N)=O)c1ccccc1Cl)C1CCCCC1. The molecule has 1 unspecified atom stereocenters. The van der Waals surface area contributed by atoms with Gasteiger partial charge in [-0.25, -0.2) is 4.79 Å². The molecular formula is C19H26ClN3O4. The number of nitrogens with zero attached hydrogens (tertiary/aromatic N) is 1. The van der Waals surface area contributed by atoms with Crippen LogP contribution in [0.4, 0.5) is 4.79 Å². The number of esters is 1. The Kier molecular flexibility index (Phi) is 7.91. The van der Waals surface area contributed by atoms with Crippen molar-refractivity contribution in [2.75, 3.05) is 13.7 Å². The van der Waals surface area contributed by atoms with Crippen molar-refractivity contribution in [2.24, 2.45) is 5.73 Å². The molecule has 3 N–H and O–H groups in total. The maximum absolute atomic E-state index is 12.3. The van der Waals surface area contributed by atoms with Crippen LogP contribution in [0, 0.1) is 0 Å². The topological polar surface area (TPSA) is 102 Å². The van der Waals surface area contributed by atoms with Crippen molar-refractivity contribution in [1.82, 2.24) is 10.2 Å². The predicted octanol–water partition coefficient (Wildman–Crippen LogP) is 2.77. The van der Waals surface area contributed by atoms with E-state index in [2.05, 4.69) is 5.32 Å². The lowest BCUT2D eigenvalue weighted by Gasteiger charge is -2.31. The van der Waals surface area contributed by atoms with Crippen molar-refractivity contribution in [3.05, 3.63) is 34.9 Å². The number of primary amides is 1. The molecule has 0 spiro atoms. The van der Waals surface area contributed by atoms with Crippen LogP contribution in [0.15, 0.2) is 24.3 Å². The molecule has 0 saturated heterocycles. The van der Waals surface area contributed by atoms with Gasteiger partial charge < -0.3 is 20.7 Å². The molecule has 1 atom stereocenters. The second-order valence-electron chi connectivity index (χ2n) is 6.74. The van der Waals surface area contributed by atoms with Crippen LogP contribution < -0.4 is 11.1 Å². The monoisotopic (exact) mass is 395 g/mol. The standard InChI is InChI=1S/C19H26ClN3O4/c1-23(13-7-3-2-4-8-13)17(24)12-27-18(25)11-16(22-19(21)26)14-9-5-6-10-15(14)20/h5-6,9-10,13,16H,2-4,7-8,11-12H2,1H3,(H3,21,22,26). The molecule has 8 heteroatoms. The van der Waals surface area contributed by atoms with Crippen LogP contribution in [0.1, 0.15) is 50.1 Å². The Hall–Kier alpha value is -2.28. The van der Waals surface area contributed by atoms with Crippen LogP contribution in [-0.2, 0) is 14.3 Å². The molecule has 0 aromatic heterocycles. The zero-order valence-corrected chi connectivity index (χ0v) is 16.2. The fraction of sp³-hybridized carbons (Fsp3) is 0.526. The van der Waals surface area contributed by atoms with Gasteiger partial charge in [-0.3, -0.25) is 9.59 Å². The van der Waals surface area contributed by atoms with Gasteiger partial charge in [-0.15, -0.1) is 0 Å². The van der Waals surface area contributed by atoms with E-state index >= 15 is 0 Å². The van der Waals surface area contributed by atoms with Crippen molar-refractivity contribution in [3.8, 4) is 0 Å². The Morgan fingerprint density at radius 3 is 2.56 bits per heavy atom. The van der Waals surface area contributed by atoms with Gasteiger partial charge in [0, 0.05) is 18.1 Å². The molecule has 3 amide bonds. The first kappa shape index (κ1) is 21.0. The maximum Gasteiger partial charge on any atom is 0.312 e. The van der Waals surface area contributed by atoms with Crippen molar-refractivity contribution in [2.45, 2.75) is 50.6 Å². The normalized spacial score (nSPS) is 15.6. The lowest BCUT2D eigenvalue weighted by atomic mass is 9.94. The van der Waals surface area contributed by atoms with E-state index in [1.165, 1.54) is 6.42 Å². The van der Waals surface area contributed by atoms with Crippen molar-refractivity contribution in [3.63, 3.8) is 0 Å². The first-order valence-corrected chi connectivity index (χ1v) is 9.48. The summed E-state index contributed by atoms with van der Waals surface area (Å²) in [5.41, 5.74) is 5.75. The van der Waals surface area contributed by atoms with Crippen molar-refractivity contribution >= 4 is 29.5 Å². The number of carbonyl (C=O) groups excluding carboxylic acids is 3. The van der Waals surface area contributed by atoms with Gasteiger partial charge in [0.15, 0.2) is 6.61 Å². The summed E-state index contributed by atoms with van der Waals surface area (Å²) in [6, 6.07) is 5.53. The summed E-state index contributed by atoms with van der Waals surface area (Å²) in [4.78, 5) is 37.4. The molecule has 0 heterocycles. The van der Waals surface area contributed by atoms with Gasteiger partial charge in [0.25, 0.3) is 5.91 Å². The molecule has 1 aliphatic rings. The number of amides is 3. The van der Waals surface area contributed by atoms with Gasteiger partial charge in [0.2, 0.25) is 0 Å². The van der Waals surface area contributed by atoms with E-state index in [0.29, 0.717) is 10.6 Å². The Morgan fingerprint density at radius 1 is 1.26 bits per heavy atom. The molecule has 148 valence electrons. The van der Waals surface area contributed by atoms with Gasteiger partial charge in [-0.05, 0) is 24.5 Å². The number of nitrogens with two attached hydrogens (primary N) is 1. The van der Waals surface area contributed by atoms with Gasteiger partial charge in [0.1, 0.15) is 0 Å². The quantitative estimate of drug-likeness (QED) is 0.693. The average Bonchev–Trinajstić information content (AvgIpc) is 2.65. The largest absolute Gasteiger partial charge is 0.455 e. The summed E-state index contributed by atoms with van der Waals surface area (Å²) in [7, 11) is 1.74. The molecular weight excluding hydrogens is 370 g/mol. The van der Waals surface area contributed by atoms with Crippen molar-refractivity contribution in [1.29, 1.82) is 0 Å². The highest BCUT2D eigenvalue weighted by atomic mass is 35.5. The summed E-state index contributed by atoms with van der Waals surface area (Å²) in [6.07, 6.45) is 5.21. The maximum atomic E-state index is 12.3. The molecule has 2 rings (SSSR count). The van der Waals surface area contributed by atoms with Crippen LogP contribution in [0.3, 0.4) is 0 Å². The third kappa shape index (κ3) is 6.43. The van der Waals surface area contributed by atoms with Gasteiger partial charge in [0.05, 0.1) is 12.5 Å². The minimum absolute atomic E-state index is 0.174. The number of benzene rings is 1. The Labute approximate surface area is 164 Å². The highest BCUT2D eigenvalue weighted by Gasteiger charge is 2.24. The van der Waals surface area contributed by atoms with Gasteiger partial charge >= 0.3 is 12.0 Å². The number of hydrogen-bond donors (Lipinski definition) is 2. The lowest BCUT2D eigenvalue weighted by Crippen LogP contribution is -2.41. The van der Waals surface area contributed by atoms with E-state index in [-0.39, 0.29) is 25.0 Å². The molecule has 7 nitrogen and oxygen atoms in total. The lowest BCUT2D eigenvalue weighted by molar-refractivity contribution is -0.153. The van der Waals surface area contributed by atoms with Crippen LogP contribution in [0.5, 0.6) is 0 Å². The predicted molar refractivity (Wildman–Crippen MR) is 102 cm³/mol. The minimum Gasteiger partial charge on any atom is -0.455 e. The van der Waals surface area contributed by atoms with Crippen LogP contribution >= 0.6 is 11.6 Å². The number of hydrogen-bond acceptors (Lipinski definition) is 4. The number of nitrogens with one attached hydrogen (secondary N) is 1. The number of rotatable bonds is 7. The third-order valence-electron chi connectivity index (χ3n) is 4.84. The van der Waals surface area contributed by atoms with E-state index in [4.69, 9.17) is 22.1 Å². The molecule has 0 bridgehead atoms. The molecule has 0 radical (unpaired) electrons. The summed E-state index contributed by atoms with van der Waals surface area (Å²) in [6.45, 7) is -0.322. The number of likely N-dealkylation sites (N-methyl/N-ethyl adjacent to an activating group) is 1. The second-order valence-corrected chi connectivity index (χ2v) is 7.15. The highest BCUT2D eigenvalue weighted by Crippen LogP contribution is 2.25. The minimum atomic E-state index is -0.777. The smallest absolute Gasteiger partial charge is 0.312 e. The Morgan fingerprint density at radius 2 is 1.93 bits per heavy atom. The summed E-state index contributed by atoms with van der Waals surface area (Å²) in [5, 5.41) is 2.89. The fourth-order valence-electron chi connectivity index (χ4n) is 3.31. The van der Waals surface area contributed by atoms with E-state index in [0.717, 1.165) is 25.7 Å². The van der Waals surface area contributed by atoms with E-state index in [1.54, 1.807) is 36.2 Å². The Balaban J connectivity index is 1.90. The third-order valence-corrected chi connectivity index (χ3v) is 5.18. The number of urea groups is 1. The number of halogens is 1. The van der Waals surface area contributed by atoms with Crippen LogP contribution in [0.25, 0.3) is 0 Å². The molecule has 0 aliphatic heterocycles. The molecule has 1 saturated carbocycles. The highest BCUT2D eigenvalue weighted by molar-refractivity contribution is 6.31. The molecule has 1 aromatic carbocycles. The van der Waals surface area contributed by atoms with Gasteiger partial charge in [-0.1, -0.05) is 49.1 Å². The summed E-state index contributed by atoms with van der Waals surface area (Å²) >= 11 is 6.14. The van der Waals surface area contributed by atoms with E-state index in [1.807, 2.05) is 0 Å². The first-order chi connectivity index (χ1) is 12.9. The summed E-state index contributed by atoms with van der Waals surface area (Å²) < 4.78 is 5.12. The van der Waals surface area contributed by atoms with E-state index < -0.39 is 18.0 Å².